The topological polar surface area (TPSA) is 41.3 Å². The summed E-state index contributed by atoms with van der Waals surface area (Å²) in [5.74, 6) is 0. The molecule has 1 aromatic rings. The molecule has 0 atom stereocenters. The third-order valence-electron chi connectivity index (χ3n) is 3.17. The van der Waals surface area contributed by atoms with Crippen molar-refractivity contribution in [2.45, 2.75) is 26.8 Å². The van der Waals surface area contributed by atoms with Crippen LogP contribution in [0.25, 0.3) is 0 Å². The average molecular weight is 265 g/mol. The molecule has 0 aliphatic heterocycles. The van der Waals surface area contributed by atoms with Crippen molar-refractivity contribution in [3.63, 3.8) is 0 Å². The van der Waals surface area contributed by atoms with Gasteiger partial charge in [0.2, 0.25) is 0 Å². The Kier molecular flexibility index (Phi) is 5.56. The van der Waals surface area contributed by atoms with E-state index in [2.05, 4.69) is 38.0 Å². The van der Waals surface area contributed by atoms with E-state index in [4.69, 9.17) is 18.0 Å². The van der Waals surface area contributed by atoms with Crippen LogP contribution in [-0.2, 0) is 0 Å². The summed E-state index contributed by atoms with van der Waals surface area (Å²) < 4.78 is 0. The van der Waals surface area contributed by atoms with Crippen molar-refractivity contribution < 1.29 is 0 Å². The molecular formula is C14H23N3S. The van der Waals surface area contributed by atoms with Crippen LogP contribution in [0.5, 0.6) is 0 Å². The van der Waals surface area contributed by atoms with Gasteiger partial charge in [-0.1, -0.05) is 12.2 Å². The summed E-state index contributed by atoms with van der Waals surface area (Å²) in [5, 5.41) is 3.44. The molecule has 0 spiro atoms. The summed E-state index contributed by atoms with van der Waals surface area (Å²) in [6.45, 7) is 8.41. The lowest BCUT2D eigenvalue weighted by Crippen LogP contribution is -2.31. The molecule has 18 heavy (non-hydrogen) atoms. The summed E-state index contributed by atoms with van der Waals surface area (Å²) in [7, 11) is 2.13. The Balaban J connectivity index is 2.56. The third-order valence-corrected chi connectivity index (χ3v) is 3.41. The van der Waals surface area contributed by atoms with Crippen LogP contribution in [0.15, 0.2) is 18.2 Å². The molecule has 3 N–H and O–H groups in total. The van der Waals surface area contributed by atoms with Crippen molar-refractivity contribution in [2.24, 2.45) is 5.73 Å². The van der Waals surface area contributed by atoms with Gasteiger partial charge < -0.3 is 16.0 Å². The zero-order valence-electron chi connectivity index (χ0n) is 11.7. The molecule has 0 saturated carbocycles. The highest BCUT2D eigenvalue weighted by Gasteiger charge is 2.04. The maximum absolute atomic E-state index is 5.61. The summed E-state index contributed by atoms with van der Waals surface area (Å²) in [5.41, 5.74) is 8.85. The number of anilines is 1. The van der Waals surface area contributed by atoms with Crippen molar-refractivity contribution in [3.05, 3.63) is 29.3 Å². The lowest BCUT2D eigenvalue weighted by atomic mass is 10.1. The largest absolute Gasteiger partial charge is 0.389 e. The number of nitrogens with one attached hydrogen (secondary N) is 1. The molecule has 0 heterocycles. The number of benzene rings is 1. The van der Waals surface area contributed by atoms with Gasteiger partial charge in [-0.15, -0.1) is 0 Å². The zero-order chi connectivity index (χ0) is 13.7. The number of likely N-dealkylation sites (N-methyl/N-ethyl adjacent to an activating group) is 1. The van der Waals surface area contributed by atoms with E-state index in [1.165, 1.54) is 5.56 Å². The number of nitrogens with zero attached hydrogens (tertiary/aromatic N) is 1. The van der Waals surface area contributed by atoms with Gasteiger partial charge in [0, 0.05) is 30.4 Å². The minimum atomic E-state index is 0.448. The predicted molar refractivity (Wildman–Crippen MR) is 83.3 cm³/mol. The molecule has 3 nitrogen and oxygen atoms in total. The Morgan fingerprint density at radius 1 is 1.44 bits per heavy atom. The molecule has 0 saturated heterocycles. The molecule has 0 aromatic heterocycles. The average Bonchev–Trinajstić information content (AvgIpc) is 2.30. The normalized spacial score (nSPS) is 11.0. The highest BCUT2D eigenvalue weighted by molar-refractivity contribution is 7.80. The van der Waals surface area contributed by atoms with E-state index in [-0.39, 0.29) is 0 Å². The molecule has 0 fully saturated rings. The number of nitrogens with two attached hydrogens (primary N) is 1. The second-order valence-corrected chi connectivity index (χ2v) is 5.33. The van der Waals surface area contributed by atoms with E-state index < -0.39 is 0 Å². The molecule has 0 bridgehead atoms. The summed E-state index contributed by atoms with van der Waals surface area (Å²) in [4.78, 5) is 2.76. The van der Waals surface area contributed by atoms with Gasteiger partial charge in [-0.25, -0.2) is 0 Å². The first-order chi connectivity index (χ1) is 8.41. The van der Waals surface area contributed by atoms with Crippen molar-refractivity contribution >= 4 is 22.9 Å². The number of hydrogen-bond acceptors (Lipinski definition) is 3. The number of aryl methyl sites for hydroxylation is 1. The lowest BCUT2D eigenvalue weighted by Gasteiger charge is -2.21. The Morgan fingerprint density at radius 3 is 2.61 bits per heavy atom. The Bertz CT molecular complexity index is 416. The quantitative estimate of drug-likeness (QED) is 0.775. The van der Waals surface area contributed by atoms with Crippen LogP contribution >= 0.6 is 12.2 Å². The highest BCUT2D eigenvalue weighted by atomic mass is 32.1. The number of thiocarbonyl (C=S) groups is 1. The summed E-state index contributed by atoms with van der Waals surface area (Å²) in [6.07, 6.45) is 0. The van der Waals surface area contributed by atoms with Crippen LogP contribution in [0.3, 0.4) is 0 Å². The fourth-order valence-electron chi connectivity index (χ4n) is 1.64. The van der Waals surface area contributed by atoms with Gasteiger partial charge in [-0.2, -0.15) is 0 Å². The van der Waals surface area contributed by atoms with E-state index in [0.717, 1.165) is 24.3 Å². The van der Waals surface area contributed by atoms with Crippen LogP contribution in [0, 0.1) is 6.92 Å². The fourth-order valence-corrected chi connectivity index (χ4v) is 1.77. The Hall–Kier alpha value is -1.13. The molecule has 0 aliphatic rings. The van der Waals surface area contributed by atoms with Crippen molar-refractivity contribution in [1.29, 1.82) is 0 Å². The van der Waals surface area contributed by atoms with Crippen molar-refractivity contribution in [1.82, 2.24) is 4.90 Å². The molecule has 4 heteroatoms. The van der Waals surface area contributed by atoms with Crippen molar-refractivity contribution in [2.75, 3.05) is 25.5 Å². The standard InChI is InChI=1S/C14H23N3S/c1-10(2)17(4)8-7-16-13-6-5-12(14(15)18)9-11(13)3/h5-6,9-10,16H,7-8H2,1-4H3,(H2,15,18). The maximum atomic E-state index is 5.61. The molecule has 0 radical (unpaired) electrons. The number of rotatable bonds is 6. The second-order valence-electron chi connectivity index (χ2n) is 4.90. The van der Waals surface area contributed by atoms with Crippen LogP contribution in [-0.4, -0.2) is 36.1 Å². The van der Waals surface area contributed by atoms with Gasteiger partial charge in [0.25, 0.3) is 0 Å². The molecular weight excluding hydrogens is 242 g/mol. The predicted octanol–water partition coefficient (Wildman–Crippen LogP) is 2.38. The first-order valence-electron chi connectivity index (χ1n) is 6.26. The second kappa shape index (κ2) is 6.71. The Morgan fingerprint density at radius 2 is 2.11 bits per heavy atom. The van der Waals surface area contributed by atoms with Crippen LogP contribution in [0.2, 0.25) is 0 Å². The minimum absolute atomic E-state index is 0.448. The SMILES string of the molecule is Cc1cc(C(N)=S)ccc1NCCN(C)C(C)C. The zero-order valence-corrected chi connectivity index (χ0v) is 12.5. The molecule has 100 valence electrons. The summed E-state index contributed by atoms with van der Waals surface area (Å²) in [6, 6.07) is 6.60. The molecule has 0 unspecified atom stereocenters. The molecule has 0 aliphatic carbocycles. The Labute approximate surface area is 115 Å². The van der Waals surface area contributed by atoms with E-state index in [0.29, 0.717) is 11.0 Å². The first-order valence-corrected chi connectivity index (χ1v) is 6.67. The molecule has 0 amide bonds. The van der Waals surface area contributed by atoms with Gasteiger partial charge in [0.1, 0.15) is 4.99 Å². The smallest absolute Gasteiger partial charge is 0.103 e. The van der Waals surface area contributed by atoms with E-state index in [1.807, 2.05) is 18.2 Å². The molecule has 1 aromatic carbocycles. The van der Waals surface area contributed by atoms with Gasteiger partial charge in [-0.3, -0.25) is 0 Å². The third kappa shape index (κ3) is 4.27. The number of hydrogen-bond donors (Lipinski definition) is 2. The van der Waals surface area contributed by atoms with Gasteiger partial charge in [0.15, 0.2) is 0 Å². The van der Waals surface area contributed by atoms with Crippen molar-refractivity contribution in [3.8, 4) is 0 Å². The first kappa shape index (κ1) is 14.9. The van der Waals surface area contributed by atoms with E-state index in [9.17, 15) is 0 Å². The van der Waals surface area contributed by atoms with Crippen LogP contribution in [0.4, 0.5) is 5.69 Å². The van der Waals surface area contributed by atoms with E-state index in [1.54, 1.807) is 0 Å². The van der Waals surface area contributed by atoms with Gasteiger partial charge >= 0.3 is 0 Å². The molecule has 1 rings (SSSR count). The van der Waals surface area contributed by atoms with E-state index >= 15 is 0 Å². The fraction of sp³-hybridized carbons (Fsp3) is 0.500. The van der Waals surface area contributed by atoms with Gasteiger partial charge in [0.05, 0.1) is 0 Å². The summed E-state index contributed by atoms with van der Waals surface area (Å²) >= 11 is 4.97. The maximum Gasteiger partial charge on any atom is 0.103 e. The highest BCUT2D eigenvalue weighted by Crippen LogP contribution is 2.16. The van der Waals surface area contributed by atoms with Gasteiger partial charge in [-0.05, 0) is 51.6 Å². The van der Waals surface area contributed by atoms with Crippen LogP contribution in [0.1, 0.15) is 25.0 Å². The minimum Gasteiger partial charge on any atom is -0.389 e. The van der Waals surface area contributed by atoms with Crippen LogP contribution < -0.4 is 11.1 Å². The lowest BCUT2D eigenvalue weighted by molar-refractivity contribution is 0.284. The monoisotopic (exact) mass is 265 g/mol.